The van der Waals surface area contributed by atoms with Gasteiger partial charge in [0.05, 0.1) is 13.0 Å². The quantitative estimate of drug-likeness (QED) is 0.681. The van der Waals surface area contributed by atoms with Crippen LogP contribution in [0, 0.1) is 0 Å². The normalized spacial score (nSPS) is 23.2. The van der Waals surface area contributed by atoms with Gasteiger partial charge in [-0.05, 0) is 31.0 Å². The van der Waals surface area contributed by atoms with Crippen LogP contribution >= 0.6 is 23.2 Å². The monoisotopic (exact) mass is 411 g/mol. The summed E-state index contributed by atoms with van der Waals surface area (Å²) < 4.78 is 45.5. The highest BCUT2D eigenvalue weighted by molar-refractivity contribution is 6.36. The van der Waals surface area contributed by atoms with E-state index >= 15 is 0 Å². The van der Waals surface area contributed by atoms with Crippen molar-refractivity contribution < 1.29 is 27.5 Å². The second kappa shape index (κ2) is 8.05. The molecular weight excluding hydrogens is 394 g/mol. The van der Waals surface area contributed by atoms with E-state index < -0.39 is 42.5 Å². The molecule has 0 radical (unpaired) electrons. The maximum absolute atomic E-state index is 13.5. The molecular formula is C17H18Cl2F3NO3. The molecule has 2 rings (SSSR count). The molecule has 1 aromatic rings. The first-order chi connectivity index (χ1) is 12.1. The number of amides is 1. The molecule has 3 atom stereocenters. The van der Waals surface area contributed by atoms with Crippen LogP contribution in [0.25, 0.3) is 0 Å². The van der Waals surface area contributed by atoms with Crippen molar-refractivity contribution in [3.63, 3.8) is 0 Å². The molecule has 0 spiro atoms. The first kappa shape index (κ1) is 20.8. The van der Waals surface area contributed by atoms with Crippen LogP contribution in [0.15, 0.2) is 18.2 Å². The fourth-order valence-electron chi connectivity index (χ4n) is 3.49. The Morgan fingerprint density at radius 1 is 1.27 bits per heavy atom. The van der Waals surface area contributed by atoms with Gasteiger partial charge in [0.2, 0.25) is 5.91 Å². The predicted octanol–water partition coefficient (Wildman–Crippen LogP) is 4.58. The largest absolute Gasteiger partial charge is 0.466 e. The van der Waals surface area contributed by atoms with Crippen LogP contribution in [0.5, 0.6) is 0 Å². The topological polar surface area (TPSA) is 46.6 Å². The van der Waals surface area contributed by atoms with Crippen molar-refractivity contribution in [1.29, 1.82) is 0 Å². The Morgan fingerprint density at radius 3 is 2.31 bits per heavy atom. The van der Waals surface area contributed by atoms with Gasteiger partial charge in [0, 0.05) is 28.9 Å². The third kappa shape index (κ3) is 4.26. The Balaban J connectivity index is 2.52. The highest BCUT2D eigenvalue weighted by Gasteiger charge is 2.55. The molecule has 1 fully saturated rings. The standard InChI is InChI=1S/C17H18Cl2F3NO3/c1-3-26-15(25)8-13-10(16-11(18)5-4-6-12(16)19)7-14(17(20,21)22)23(13)9(2)24/h4-6,10,13-14H,3,7-8H2,1-2H3/t10-,13+,14-/m1/s1. The molecule has 1 heterocycles. The molecule has 0 N–H and O–H groups in total. The van der Waals surface area contributed by atoms with Gasteiger partial charge in [0.15, 0.2) is 0 Å². The molecule has 1 aliphatic rings. The van der Waals surface area contributed by atoms with Gasteiger partial charge in [-0.1, -0.05) is 29.3 Å². The zero-order valence-electron chi connectivity index (χ0n) is 14.1. The fourth-order valence-corrected chi connectivity index (χ4v) is 4.16. The lowest BCUT2D eigenvalue weighted by Gasteiger charge is -2.31. The zero-order chi connectivity index (χ0) is 19.6. The van der Waals surface area contributed by atoms with Crippen molar-refractivity contribution in [3.8, 4) is 0 Å². The smallest absolute Gasteiger partial charge is 0.408 e. The van der Waals surface area contributed by atoms with Crippen LogP contribution in [0.4, 0.5) is 13.2 Å². The van der Waals surface area contributed by atoms with Crippen molar-refractivity contribution in [3.05, 3.63) is 33.8 Å². The van der Waals surface area contributed by atoms with Gasteiger partial charge in [-0.15, -0.1) is 0 Å². The molecule has 26 heavy (non-hydrogen) atoms. The first-order valence-corrected chi connectivity index (χ1v) is 8.78. The minimum Gasteiger partial charge on any atom is -0.466 e. The zero-order valence-corrected chi connectivity index (χ0v) is 15.7. The average molecular weight is 412 g/mol. The number of rotatable bonds is 4. The van der Waals surface area contributed by atoms with E-state index in [0.717, 1.165) is 6.92 Å². The van der Waals surface area contributed by atoms with E-state index in [1.165, 1.54) is 12.1 Å². The van der Waals surface area contributed by atoms with Crippen LogP contribution in [-0.2, 0) is 14.3 Å². The average Bonchev–Trinajstić information content (AvgIpc) is 2.87. The molecule has 4 nitrogen and oxygen atoms in total. The van der Waals surface area contributed by atoms with Crippen LogP contribution in [0.3, 0.4) is 0 Å². The number of alkyl halides is 3. The lowest BCUT2D eigenvalue weighted by Crippen LogP contribution is -2.48. The van der Waals surface area contributed by atoms with E-state index in [1.807, 2.05) is 0 Å². The Labute approximate surface area is 159 Å². The van der Waals surface area contributed by atoms with Crippen LogP contribution in [-0.4, -0.2) is 41.6 Å². The van der Waals surface area contributed by atoms with Crippen LogP contribution < -0.4 is 0 Å². The first-order valence-electron chi connectivity index (χ1n) is 8.03. The molecule has 144 valence electrons. The number of hydrogen-bond acceptors (Lipinski definition) is 3. The molecule has 1 amide bonds. The maximum Gasteiger partial charge on any atom is 0.408 e. The summed E-state index contributed by atoms with van der Waals surface area (Å²) in [4.78, 5) is 24.7. The number of ether oxygens (including phenoxy) is 1. The SMILES string of the molecule is CCOC(=O)C[C@H]1[C@H](c2c(Cl)cccc2Cl)C[C@H](C(F)(F)F)N1C(C)=O. The number of likely N-dealkylation sites (tertiary alicyclic amines) is 1. The number of carbonyl (C=O) groups is 2. The maximum atomic E-state index is 13.5. The summed E-state index contributed by atoms with van der Waals surface area (Å²) in [6.45, 7) is 2.73. The second-order valence-electron chi connectivity index (χ2n) is 6.04. The molecule has 0 aromatic heterocycles. The summed E-state index contributed by atoms with van der Waals surface area (Å²) in [6, 6.07) is 1.55. The molecule has 1 aliphatic heterocycles. The van der Waals surface area contributed by atoms with Gasteiger partial charge < -0.3 is 9.64 Å². The number of carbonyl (C=O) groups excluding carboxylic acids is 2. The molecule has 0 bridgehead atoms. The van der Waals surface area contributed by atoms with Crippen molar-refractivity contribution in [2.75, 3.05) is 6.61 Å². The van der Waals surface area contributed by atoms with Gasteiger partial charge in [0.1, 0.15) is 6.04 Å². The van der Waals surface area contributed by atoms with E-state index in [9.17, 15) is 22.8 Å². The summed E-state index contributed by atoms with van der Waals surface area (Å²) in [5.74, 6) is -2.29. The Bertz CT molecular complexity index is 676. The minimum atomic E-state index is -4.64. The summed E-state index contributed by atoms with van der Waals surface area (Å²) in [5.41, 5.74) is 0.308. The third-order valence-electron chi connectivity index (χ3n) is 4.43. The predicted molar refractivity (Wildman–Crippen MR) is 91.2 cm³/mol. The Kier molecular flexibility index (Phi) is 6.45. The molecule has 9 heteroatoms. The number of benzene rings is 1. The minimum absolute atomic E-state index is 0.0891. The highest BCUT2D eigenvalue weighted by atomic mass is 35.5. The molecule has 0 saturated carbocycles. The van der Waals surface area contributed by atoms with E-state index in [1.54, 1.807) is 13.0 Å². The number of hydrogen-bond donors (Lipinski definition) is 0. The van der Waals surface area contributed by atoms with Gasteiger partial charge in [-0.3, -0.25) is 9.59 Å². The second-order valence-corrected chi connectivity index (χ2v) is 6.85. The van der Waals surface area contributed by atoms with Gasteiger partial charge in [0.25, 0.3) is 0 Å². The summed E-state index contributed by atoms with van der Waals surface area (Å²) >= 11 is 12.4. The summed E-state index contributed by atoms with van der Waals surface area (Å²) in [7, 11) is 0. The van der Waals surface area contributed by atoms with E-state index in [0.29, 0.717) is 10.5 Å². The van der Waals surface area contributed by atoms with Gasteiger partial charge >= 0.3 is 12.1 Å². The van der Waals surface area contributed by atoms with E-state index in [-0.39, 0.29) is 23.1 Å². The number of nitrogens with zero attached hydrogens (tertiary/aromatic N) is 1. The van der Waals surface area contributed by atoms with E-state index in [2.05, 4.69) is 0 Å². The van der Waals surface area contributed by atoms with Gasteiger partial charge in [-0.25, -0.2) is 0 Å². The molecule has 0 unspecified atom stereocenters. The van der Waals surface area contributed by atoms with E-state index in [4.69, 9.17) is 27.9 Å². The fraction of sp³-hybridized carbons (Fsp3) is 0.529. The van der Waals surface area contributed by atoms with Crippen molar-refractivity contribution in [1.82, 2.24) is 4.90 Å². The Hall–Kier alpha value is -1.47. The lowest BCUT2D eigenvalue weighted by atomic mass is 9.88. The molecule has 0 aliphatic carbocycles. The Morgan fingerprint density at radius 2 is 1.85 bits per heavy atom. The number of esters is 1. The highest BCUT2D eigenvalue weighted by Crippen LogP contribution is 2.48. The third-order valence-corrected chi connectivity index (χ3v) is 5.09. The lowest BCUT2D eigenvalue weighted by molar-refractivity contribution is -0.185. The van der Waals surface area contributed by atoms with Crippen LogP contribution in [0.1, 0.15) is 38.2 Å². The van der Waals surface area contributed by atoms with Crippen molar-refractivity contribution in [2.24, 2.45) is 0 Å². The van der Waals surface area contributed by atoms with Gasteiger partial charge in [-0.2, -0.15) is 13.2 Å². The number of halogens is 5. The van der Waals surface area contributed by atoms with Crippen molar-refractivity contribution in [2.45, 2.75) is 50.9 Å². The summed E-state index contributed by atoms with van der Waals surface area (Å²) in [6.07, 6.45) is -5.43. The molecule has 1 saturated heterocycles. The van der Waals surface area contributed by atoms with Crippen molar-refractivity contribution >= 4 is 35.1 Å². The summed E-state index contributed by atoms with van der Waals surface area (Å²) in [5, 5.41) is 0.394. The molecule has 1 aromatic carbocycles. The van der Waals surface area contributed by atoms with Crippen LogP contribution in [0.2, 0.25) is 10.0 Å².